The number of benzene rings is 1. The summed E-state index contributed by atoms with van der Waals surface area (Å²) >= 11 is 0. The van der Waals surface area contributed by atoms with E-state index in [1.54, 1.807) is 0 Å². The van der Waals surface area contributed by atoms with Gasteiger partial charge in [-0.25, -0.2) is 0 Å². The molecule has 2 rings (SSSR count). The number of carboxylic acid groups (broad SMARTS) is 1. The van der Waals surface area contributed by atoms with E-state index >= 15 is 0 Å². The molecule has 0 bridgehead atoms. The van der Waals surface area contributed by atoms with Crippen molar-refractivity contribution in [1.29, 1.82) is 0 Å². The van der Waals surface area contributed by atoms with E-state index in [1.165, 1.54) is 5.56 Å². The van der Waals surface area contributed by atoms with Crippen LogP contribution in [0.15, 0.2) is 30.3 Å². The molecule has 1 aromatic rings. The van der Waals surface area contributed by atoms with Crippen LogP contribution in [0.1, 0.15) is 24.8 Å². The van der Waals surface area contributed by atoms with Crippen molar-refractivity contribution in [3.8, 4) is 0 Å². The number of carbonyl (C=O) groups is 1. The van der Waals surface area contributed by atoms with E-state index in [0.717, 1.165) is 32.5 Å². The van der Waals surface area contributed by atoms with Crippen molar-refractivity contribution < 1.29 is 9.90 Å². The molecule has 0 unspecified atom stereocenters. The van der Waals surface area contributed by atoms with Crippen LogP contribution in [-0.4, -0.2) is 53.6 Å². The van der Waals surface area contributed by atoms with Crippen LogP contribution in [0.3, 0.4) is 0 Å². The zero-order valence-electron chi connectivity index (χ0n) is 12.4. The molecule has 0 amide bonds. The Kier molecular flexibility index (Phi) is 4.78. The summed E-state index contributed by atoms with van der Waals surface area (Å²) in [6.07, 6.45) is 2.07. The Labute approximate surface area is 121 Å². The molecule has 0 radical (unpaired) electrons. The normalized spacial score (nSPS) is 19.1. The van der Waals surface area contributed by atoms with Crippen LogP contribution in [0.25, 0.3) is 0 Å². The maximum absolute atomic E-state index is 11.1. The fourth-order valence-electron chi connectivity index (χ4n) is 3.03. The minimum atomic E-state index is -0.699. The Hall–Kier alpha value is -1.39. The van der Waals surface area contributed by atoms with Crippen molar-refractivity contribution in [2.75, 3.05) is 27.2 Å². The van der Waals surface area contributed by atoms with E-state index in [2.05, 4.69) is 34.1 Å². The summed E-state index contributed by atoms with van der Waals surface area (Å²) in [5, 5.41) is 9.14. The molecule has 4 heteroatoms. The average Bonchev–Trinajstić information content (AvgIpc) is 2.41. The minimum absolute atomic E-state index is 0.182. The molecule has 1 fully saturated rings. The molecule has 0 aliphatic carbocycles. The number of rotatable bonds is 5. The summed E-state index contributed by atoms with van der Waals surface area (Å²) < 4.78 is 0. The number of nitrogens with zero attached hydrogens (tertiary/aromatic N) is 2. The van der Waals surface area contributed by atoms with Crippen molar-refractivity contribution >= 4 is 5.97 Å². The van der Waals surface area contributed by atoms with Crippen LogP contribution in [0, 0.1) is 0 Å². The van der Waals surface area contributed by atoms with Gasteiger partial charge in [0.1, 0.15) is 0 Å². The molecular formula is C16H24N2O2. The van der Waals surface area contributed by atoms with Crippen molar-refractivity contribution in [1.82, 2.24) is 9.80 Å². The Morgan fingerprint density at radius 1 is 1.25 bits per heavy atom. The van der Waals surface area contributed by atoms with Crippen molar-refractivity contribution in [3.63, 3.8) is 0 Å². The van der Waals surface area contributed by atoms with Crippen molar-refractivity contribution in [2.24, 2.45) is 0 Å². The zero-order chi connectivity index (χ0) is 14.6. The lowest BCUT2D eigenvalue weighted by molar-refractivity contribution is -0.141. The molecule has 1 aliphatic rings. The first kappa shape index (κ1) is 15.0. The summed E-state index contributed by atoms with van der Waals surface area (Å²) in [4.78, 5) is 15.6. The smallest absolute Gasteiger partial charge is 0.305 e. The molecule has 110 valence electrons. The van der Waals surface area contributed by atoms with Gasteiger partial charge in [0, 0.05) is 25.2 Å². The summed E-state index contributed by atoms with van der Waals surface area (Å²) in [6.45, 7) is 2.87. The molecule has 1 saturated heterocycles. The van der Waals surface area contributed by atoms with E-state index in [9.17, 15) is 4.79 Å². The van der Waals surface area contributed by atoms with Crippen LogP contribution in [-0.2, 0) is 11.3 Å². The van der Waals surface area contributed by atoms with Crippen LogP contribution in [0.2, 0.25) is 0 Å². The summed E-state index contributed by atoms with van der Waals surface area (Å²) in [5.41, 5.74) is 1.14. The lowest BCUT2D eigenvalue weighted by Crippen LogP contribution is -2.53. The topological polar surface area (TPSA) is 43.8 Å². The van der Waals surface area contributed by atoms with Gasteiger partial charge in [-0.05, 0) is 32.5 Å². The third kappa shape index (κ3) is 3.58. The molecule has 1 N–H and O–H groups in total. The second kappa shape index (κ2) is 6.37. The summed E-state index contributed by atoms with van der Waals surface area (Å²) in [6, 6.07) is 10.4. The van der Waals surface area contributed by atoms with E-state index in [4.69, 9.17) is 5.11 Å². The van der Waals surface area contributed by atoms with E-state index in [0.29, 0.717) is 0 Å². The Morgan fingerprint density at radius 2 is 1.85 bits per heavy atom. The van der Waals surface area contributed by atoms with E-state index < -0.39 is 5.97 Å². The summed E-state index contributed by atoms with van der Waals surface area (Å²) in [7, 11) is 3.99. The van der Waals surface area contributed by atoms with Crippen molar-refractivity contribution in [3.05, 3.63) is 35.9 Å². The molecule has 0 aromatic heterocycles. The molecule has 1 aromatic carbocycles. The first-order valence-electron chi connectivity index (χ1n) is 7.17. The molecule has 0 atom stereocenters. The van der Waals surface area contributed by atoms with Gasteiger partial charge in [-0.2, -0.15) is 0 Å². The third-order valence-corrected chi connectivity index (χ3v) is 4.46. The maximum atomic E-state index is 11.1. The van der Waals surface area contributed by atoms with Gasteiger partial charge in [-0.3, -0.25) is 9.69 Å². The highest BCUT2D eigenvalue weighted by Gasteiger charge is 2.38. The zero-order valence-corrected chi connectivity index (χ0v) is 12.4. The molecule has 0 spiro atoms. The quantitative estimate of drug-likeness (QED) is 0.894. The van der Waals surface area contributed by atoms with Crippen LogP contribution < -0.4 is 0 Å². The van der Waals surface area contributed by atoms with Gasteiger partial charge in [-0.1, -0.05) is 30.3 Å². The fourth-order valence-corrected chi connectivity index (χ4v) is 3.03. The lowest BCUT2D eigenvalue weighted by Gasteiger charge is -2.45. The molecular weight excluding hydrogens is 252 g/mol. The predicted molar refractivity (Wildman–Crippen MR) is 79.6 cm³/mol. The molecule has 1 aliphatic heterocycles. The highest BCUT2D eigenvalue weighted by molar-refractivity contribution is 5.68. The Bertz CT molecular complexity index is 437. The van der Waals surface area contributed by atoms with Gasteiger partial charge in [0.15, 0.2) is 0 Å². The SMILES string of the molecule is CN(C)C1(CC(=O)O)CCN(Cc2ccccc2)CC1. The molecule has 0 saturated carbocycles. The number of hydrogen-bond acceptors (Lipinski definition) is 3. The van der Waals surface area contributed by atoms with Gasteiger partial charge in [0.05, 0.1) is 6.42 Å². The Balaban J connectivity index is 1.95. The highest BCUT2D eigenvalue weighted by Crippen LogP contribution is 2.31. The number of carboxylic acids is 1. The standard InChI is InChI=1S/C16H24N2O2/c1-17(2)16(12-15(19)20)8-10-18(11-9-16)13-14-6-4-3-5-7-14/h3-7H,8-13H2,1-2H3,(H,19,20). The first-order valence-corrected chi connectivity index (χ1v) is 7.17. The monoisotopic (exact) mass is 276 g/mol. The second-order valence-corrected chi connectivity index (χ2v) is 5.95. The highest BCUT2D eigenvalue weighted by atomic mass is 16.4. The average molecular weight is 276 g/mol. The Morgan fingerprint density at radius 3 is 2.35 bits per heavy atom. The third-order valence-electron chi connectivity index (χ3n) is 4.46. The van der Waals surface area contributed by atoms with Gasteiger partial charge in [0.25, 0.3) is 0 Å². The van der Waals surface area contributed by atoms with Crippen LogP contribution in [0.4, 0.5) is 0 Å². The number of hydrogen-bond donors (Lipinski definition) is 1. The number of piperidine rings is 1. The largest absolute Gasteiger partial charge is 0.481 e. The van der Waals surface area contributed by atoms with Crippen LogP contribution in [0.5, 0.6) is 0 Å². The number of aliphatic carboxylic acids is 1. The molecule has 20 heavy (non-hydrogen) atoms. The summed E-state index contributed by atoms with van der Waals surface area (Å²) in [5.74, 6) is -0.699. The number of likely N-dealkylation sites (tertiary alicyclic amines) is 1. The molecule has 1 heterocycles. The van der Waals surface area contributed by atoms with Crippen molar-refractivity contribution in [2.45, 2.75) is 31.3 Å². The first-order chi connectivity index (χ1) is 9.52. The van der Waals surface area contributed by atoms with Gasteiger partial charge in [-0.15, -0.1) is 0 Å². The predicted octanol–water partition coefficient (Wildman–Crippen LogP) is 2.06. The molecule has 4 nitrogen and oxygen atoms in total. The lowest BCUT2D eigenvalue weighted by atomic mass is 9.83. The maximum Gasteiger partial charge on any atom is 0.305 e. The van der Waals surface area contributed by atoms with Gasteiger partial charge in [0.2, 0.25) is 0 Å². The second-order valence-electron chi connectivity index (χ2n) is 5.95. The fraction of sp³-hybridized carbons (Fsp3) is 0.562. The van der Waals surface area contributed by atoms with Gasteiger partial charge < -0.3 is 10.0 Å². The minimum Gasteiger partial charge on any atom is -0.481 e. The van der Waals surface area contributed by atoms with E-state index in [-0.39, 0.29) is 12.0 Å². The van der Waals surface area contributed by atoms with Gasteiger partial charge >= 0.3 is 5.97 Å². The van der Waals surface area contributed by atoms with Crippen LogP contribution >= 0.6 is 0 Å². The van der Waals surface area contributed by atoms with E-state index in [1.807, 2.05) is 20.2 Å².